The van der Waals surface area contributed by atoms with Crippen LogP contribution in [0.2, 0.25) is 0 Å². The van der Waals surface area contributed by atoms with Gasteiger partial charge in [0.1, 0.15) is 5.76 Å². The van der Waals surface area contributed by atoms with Crippen molar-refractivity contribution in [3.63, 3.8) is 0 Å². The van der Waals surface area contributed by atoms with Gasteiger partial charge in [0, 0.05) is 13.0 Å². The fourth-order valence-corrected chi connectivity index (χ4v) is 0.803. The maximum Gasteiger partial charge on any atom is 0.103 e. The highest BCUT2D eigenvalue weighted by Crippen LogP contribution is 2.02. The molecule has 2 nitrogen and oxygen atoms in total. The van der Waals surface area contributed by atoms with E-state index in [1.54, 1.807) is 6.26 Å². The van der Waals surface area contributed by atoms with Crippen molar-refractivity contribution < 1.29 is 9.15 Å². The minimum atomic E-state index is 0.695. The van der Waals surface area contributed by atoms with Crippen molar-refractivity contribution in [3.05, 3.63) is 31.3 Å². The molecule has 55 valence electrons. The number of furan rings is 1. The Morgan fingerprint density at radius 3 is 3.10 bits per heavy atom. The van der Waals surface area contributed by atoms with E-state index < -0.39 is 0 Å². The number of hydrogen-bond acceptors (Lipinski definition) is 2. The molecule has 2 heteroatoms. The quantitative estimate of drug-likeness (QED) is 0.595. The molecule has 0 aliphatic carbocycles. The Morgan fingerprint density at radius 1 is 1.60 bits per heavy atom. The second-order valence-electron chi connectivity index (χ2n) is 2.09. The molecule has 10 heavy (non-hydrogen) atoms. The Kier molecular flexibility index (Phi) is 3.03. The Hall–Kier alpha value is -0.760. The fraction of sp³-hybridized carbons (Fsp3) is 0.375. The number of rotatable bonds is 4. The third kappa shape index (κ3) is 2.23. The molecule has 0 aliphatic rings. The molecule has 0 aromatic carbocycles. The lowest BCUT2D eigenvalue weighted by atomic mass is 10.3. The van der Waals surface area contributed by atoms with Crippen LogP contribution in [0.25, 0.3) is 0 Å². The molecule has 0 amide bonds. The van der Waals surface area contributed by atoms with Crippen LogP contribution in [0.5, 0.6) is 0 Å². The molecule has 0 spiro atoms. The number of hydrogen-bond donors (Lipinski definition) is 0. The van der Waals surface area contributed by atoms with Crippen LogP contribution in [-0.2, 0) is 11.2 Å². The summed E-state index contributed by atoms with van der Waals surface area (Å²) in [5.74, 6) is 1.01. The summed E-state index contributed by atoms with van der Waals surface area (Å²) in [6.45, 7) is 0.695. The minimum Gasteiger partial charge on any atom is -0.469 e. The zero-order valence-corrected chi connectivity index (χ0v) is 5.88. The maximum absolute atomic E-state index is 5.10. The van der Waals surface area contributed by atoms with Gasteiger partial charge in [-0.3, -0.25) is 0 Å². The molecule has 0 aliphatic heterocycles. The second kappa shape index (κ2) is 4.12. The first-order valence-electron chi connectivity index (χ1n) is 3.33. The highest BCUT2D eigenvalue weighted by atomic mass is 16.5. The fourth-order valence-electron chi connectivity index (χ4n) is 0.803. The van der Waals surface area contributed by atoms with Crippen LogP contribution in [0.3, 0.4) is 0 Å². The first kappa shape index (κ1) is 7.35. The second-order valence-corrected chi connectivity index (χ2v) is 2.09. The van der Waals surface area contributed by atoms with Gasteiger partial charge in [0.2, 0.25) is 0 Å². The summed E-state index contributed by atoms with van der Waals surface area (Å²) >= 11 is 0. The van der Waals surface area contributed by atoms with E-state index in [9.17, 15) is 0 Å². The predicted octanol–water partition coefficient (Wildman–Crippen LogP) is 2.02. The molecule has 0 saturated heterocycles. The van der Waals surface area contributed by atoms with Crippen LogP contribution in [0, 0.1) is 7.11 Å². The summed E-state index contributed by atoms with van der Waals surface area (Å²) in [7, 11) is 3.27. The van der Waals surface area contributed by atoms with Gasteiger partial charge in [-0.2, -0.15) is 0 Å². The lowest BCUT2D eigenvalue weighted by Gasteiger charge is -1.94. The van der Waals surface area contributed by atoms with Crippen molar-refractivity contribution in [1.82, 2.24) is 0 Å². The molecular weight excluding hydrogens is 128 g/mol. The van der Waals surface area contributed by atoms with Gasteiger partial charge in [0.15, 0.2) is 0 Å². The zero-order chi connectivity index (χ0) is 7.23. The molecule has 0 bridgehead atoms. The molecule has 0 unspecified atom stereocenters. The lowest BCUT2D eigenvalue weighted by molar-refractivity contribution is 0.235. The van der Waals surface area contributed by atoms with Crippen LogP contribution < -0.4 is 0 Å². The third-order valence-electron chi connectivity index (χ3n) is 1.29. The van der Waals surface area contributed by atoms with Gasteiger partial charge in [0.05, 0.1) is 13.4 Å². The Labute approximate surface area is 60.8 Å². The van der Waals surface area contributed by atoms with Crippen LogP contribution in [0.15, 0.2) is 22.8 Å². The predicted molar refractivity (Wildman–Crippen MR) is 38.3 cm³/mol. The average Bonchev–Trinajstić information content (AvgIpc) is 2.41. The van der Waals surface area contributed by atoms with E-state index in [4.69, 9.17) is 4.42 Å². The molecule has 1 radical (unpaired) electrons. The van der Waals surface area contributed by atoms with E-state index in [1.807, 2.05) is 12.1 Å². The van der Waals surface area contributed by atoms with E-state index in [2.05, 4.69) is 11.8 Å². The Balaban J connectivity index is 2.15. The Morgan fingerprint density at radius 2 is 2.50 bits per heavy atom. The maximum atomic E-state index is 5.10. The molecule has 0 fully saturated rings. The average molecular weight is 139 g/mol. The summed E-state index contributed by atoms with van der Waals surface area (Å²) < 4.78 is 9.75. The largest absolute Gasteiger partial charge is 0.469 e. The van der Waals surface area contributed by atoms with E-state index in [1.165, 1.54) is 0 Å². The summed E-state index contributed by atoms with van der Waals surface area (Å²) in [5, 5.41) is 0. The summed E-state index contributed by atoms with van der Waals surface area (Å²) in [6, 6.07) is 3.85. The van der Waals surface area contributed by atoms with Gasteiger partial charge < -0.3 is 9.15 Å². The molecule has 0 atom stereocenters. The molecule has 1 rings (SSSR count). The van der Waals surface area contributed by atoms with E-state index in [0.717, 1.165) is 18.6 Å². The minimum absolute atomic E-state index is 0.695. The van der Waals surface area contributed by atoms with Crippen molar-refractivity contribution in [3.8, 4) is 0 Å². The summed E-state index contributed by atoms with van der Waals surface area (Å²) in [5.41, 5.74) is 0. The van der Waals surface area contributed by atoms with Crippen molar-refractivity contribution in [2.24, 2.45) is 0 Å². The Bertz CT molecular complexity index is 156. The molecule has 0 N–H and O–H groups in total. The van der Waals surface area contributed by atoms with Crippen molar-refractivity contribution >= 4 is 0 Å². The van der Waals surface area contributed by atoms with Gasteiger partial charge in [-0.15, -0.1) is 0 Å². The standard InChI is InChI=1S/C8H11O2/c1-9-6-2-4-8-5-3-7-10-8/h3,5,7H,1-2,4,6H2. The van der Waals surface area contributed by atoms with E-state index in [-0.39, 0.29) is 0 Å². The highest BCUT2D eigenvalue weighted by molar-refractivity contribution is 4.97. The van der Waals surface area contributed by atoms with Crippen molar-refractivity contribution in [2.75, 3.05) is 6.61 Å². The third-order valence-corrected chi connectivity index (χ3v) is 1.29. The molecular formula is C8H11O2. The van der Waals surface area contributed by atoms with Gasteiger partial charge in [-0.25, -0.2) is 0 Å². The SMILES string of the molecule is [CH2]OCCCc1ccco1. The van der Waals surface area contributed by atoms with Crippen LogP contribution in [-0.4, -0.2) is 6.61 Å². The van der Waals surface area contributed by atoms with Gasteiger partial charge >= 0.3 is 0 Å². The zero-order valence-electron chi connectivity index (χ0n) is 5.88. The smallest absolute Gasteiger partial charge is 0.103 e. The van der Waals surface area contributed by atoms with E-state index >= 15 is 0 Å². The van der Waals surface area contributed by atoms with Crippen LogP contribution in [0.4, 0.5) is 0 Å². The van der Waals surface area contributed by atoms with Gasteiger partial charge in [-0.1, -0.05) is 0 Å². The first-order valence-corrected chi connectivity index (χ1v) is 3.33. The molecule has 1 aromatic rings. The van der Waals surface area contributed by atoms with Gasteiger partial charge in [0.25, 0.3) is 0 Å². The first-order chi connectivity index (χ1) is 4.93. The molecule has 1 aromatic heterocycles. The number of aryl methyl sites for hydroxylation is 1. The summed E-state index contributed by atoms with van der Waals surface area (Å²) in [4.78, 5) is 0. The van der Waals surface area contributed by atoms with Crippen molar-refractivity contribution in [1.29, 1.82) is 0 Å². The van der Waals surface area contributed by atoms with E-state index in [0.29, 0.717) is 6.61 Å². The van der Waals surface area contributed by atoms with Crippen LogP contribution >= 0.6 is 0 Å². The highest BCUT2D eigenvalue weighted by Gasteiger charge is 1.93. The molecule has 0 saturated carbocycles. The number of ether oxygens (including phenoxy) is 1. The van der Waals surface area contributed by atoms with Gasteiger partial charge in [-0.05, 0) is 18.6 Å². The normalized spacial score (nSPS) is 10.1. The lowest BCUT2D eigenvalue weighted by Crippen LogP contribution is -1.89. The van der Waals surface area contributed by atoms with Crippen LogP contribution in [0.1, 0.15) is 12.2 Å². The topological polar surface area (TPSA) is 22.4 Å². The summed E-state index contributed by atoms with van der Waals surface area (Å²) in [6.07, 6.45) is 3.58. The molecule has 1 heterocycles. The monoisotopic (exact) mass is 139 g/mol. The van der Waals surface area contributed by atoms with Crippen molar-refractivity contribution in [2.45, 2.75) is 12.8 Å².